The van der Waals surface area contributed by atoms with Gasteiger partial charge in [0.15, 0.2) is 0 Å². The summed E-state index contributed by atoms with van der Waals surface area (Å²) in [5.41, 5.74) is 5.45. The lowest BCUT2D eigenvalue weighted by atomic mass is 9.87. The Morgan fingerprint density at radius 1 is 1.04 bits per heavy atom. The summed E-state index contributed by atoms with van der Waals surface area (Å²) in [6, 6.07) is 14.6. The van der Waals surface area contributed by atoms with Crippen molar-refractivity contribution >= 4 is 16.9 Å². The predicted molar refractivity (Wildman–Crippen MR) is 107 cm³/mol. The minimum Gasteiger partial charge on any atom is -0.345 e. The highest BCUT2D eigenvalue weighted by Gasteiger charge is 2.22. The summed E-state index contributed by atoms with van der Waals surface area (Å²) < 4.78 is 2.33. The Hall–Kier alpha value is -2.62. The highest BCUT2D eigenvalue weighted by Crippen LogP contribution is 2.30. The van der Waals surface area contributed by atoms with Crippen LogP contribution in [0.15, 0.2) is 42.5 Å². The number of nitrogens with zero attached hydrogens (tertiary/aromatic N) is 2. The number of rotatable bonds is 2. The van der Waals surface area contributed by atoms with Crippen LogP contribution in [0.25, 0.3) is 11.0 Å². The van der Waals surface area contributed by atoms with Crippen molar-refractivity contribution in [1.82, 2.24) is 14.9 Å². The molecular formula is C23H25N3O. The van der Waals surface area contributed by atoms with Gasteiger partial charge < -0.3 is 9.88 Å². The van der Waals surface area contributed by atoms with E-state index in [0.29, 0.717) is 5.56 Å². The first-order valence-corrected chi connectivity index (χ1v) is 10.2. The van der Waals surface area contributed by atoms with Crippen molar-refractivity contribution in [3.05, 3.63) is 65.0 Å². The number of imidazole rings is 1. The van der Waals surface area contributed by atoms with Gasteiger partial charge in [-0.2, -0.15) is 0 Å². The fraction of sp³-hybridized carbons (Fsp3) is 0.391. The maximum atomic E-state index is 12.9. The third-order valence-electron chi connectivity index (χ3n) is 6.05. The minimum atomic E-state index is 0.00166. The molecule has 4 heteroatoms. The number of aromatic nitrogens is 2. The fourth-order valence-electron chi connectivity index (χ4n) is 4.64. The van der Waals surface area contributed by atoms with Gasteiger partial charge in [-0.1, -0.05) is 30.7 Å². The van der Waals surface area contributed by atoms with Crippen LogP contribution < -0.4 is 5.32 Å². The lowest BCUT2D eigenvalue weighted by Crippen LogP contribution is -2.30. The highest BCUT2D eigenvalue weighted by atomic mass is 16.1. The van der Waals surface area contributed by atoms with E-state index in [1.807, 2.05) is 12.1 Å². The van der Waals surface area contributed by atoms with Crippen molar-refractivity contribution in [1.29, 1.82) is 0 Å². The quantitative estimate of drug-likeness (QED) is 0.728. The molecular weight excluding hydrogens is 334 g/mol. The molecule has 138 valence electrons. The van der Waals surface area contributed by atoms with Crippen molar-refractivity contribution in [3.8, 4) is 0 Å². The minimum absolute atomic E-state index is 0.00166. The topological polar surface area (TPSA) is 46.9 Å². The Kier molecular flexibility index (Phi) is 4.19. The van der Waals surface area contributed by atoms with Crippen LogP contribution in [0.4, 0.5) is 0 Å². The van der Waals surface area contributed by atoms with Gasteiger partial charge in [0.2, 0.25) is 0 Å². The normalized spacial score (nSPS) is 19.2. The first kappa shape index (κ1) is 16.5. The molecule has 1 amide bonds. The van der Waals surface area contributed by atoms with Crippen LogP contribution in [0.5, 0.6) is 0 Å². The largest absolute Gasteiger partial charge is 0.345 e. The Bertz CT molecular complexity index is 1000. The Morgan fingerprint density at radius 2 is 1.96 bits per heavy atom. The van der Waals surface area contributed by atoms with E-state index in [-0.39, 0.29) is 11.9 Å². The molecule has 0 saturated carbocycles. The second-order valence-corrected chi connectivity index (χ2v) is 7.81. The van der Waals surface area contributed by atoms with Crippen LogP contribution in [0.1, 0.15) is 65.5 Å². The molecule has 5 rings (SSSR count). The second kappa shape index (κ2) is 6.84. The van der Waals surface area contributed by atoms with Gasteiger partial charge in [0.05, 0.1) is 17.1 Å². The van der Waals surface area contributed by atoms with E-state index in [1.165, 1.54) is 36.2 Å². The number of hydrogen-bond donors (Lipinski definition) is 1. The number of carbonyl (C=O) groups is 1. The summed E-state index contributed by atoms with van der Waals surface area (Å²) in [5.74, 6) is 1.17. The summed E-state index contributed by atoms with van der Waals surface area (Å²) in [6.07, 6.45) is 7.95. The lowest BCUT2D eigenvalue weighted by molar-refractivity contribution is 0.0933. The SMILES string of the molecule is O=C(N[C@H]1CCCc2ccccc21)c1ccc2c(c1)nc1n2CCCCC1. The Morgan fingerprint density at radius 3 is 2.93 bits per heavy atom. The third kappa shape index (κ3) is 3.03. The molecule has 0 radical (unpaired) electrons. The van der Waals surface area contributed by atoms with Crippen LogP contribution in [0.3, 0.4) is 0 Å². The van der Waals surface area contributed by atoms with Crippen LogP contribution in [-0.2, 0) is 19.4 Å². The van der Waals surface area contributed by atoms with Crippen molar-refractivity contribution in [3.63, 3.8) is 0 Å². The molecule has 1 atom stereocenters. The van der Waals surface area contributed by atoms with E-state index in [0.717, 1.165) is 43.3 Å². The van der Waals surface area contributed by atoms with E-state index in [1.54, 1.807) is 0 Å². The zero-order chi connectivity index (χ0) is 18.2. The molecule has 1 N–H and O–H groups in total. The molecule has 2 heterocycles. The number of amides is 1. The Labute approximate surface area is 159 Å². The molecule has 27 heavy (non-hydrogen) atoms. The molecule has 0 spiro atoms. The smallest absolute Gasteiger partial charge is 0.251 e. The van der Waals surface area contributed by atoms with Gasteiger partial charge in [0.25, 0.3) is 5.91 Å². The predicted octanol–water partition coefficient (Wildman–Crippen LogP) is 4.57. The van der Waals surface area contributed by atoms with Gasteiger partial charge in [0, 0.05) is 18.5 Å². The molecule has 1 aliphatic heterocycles. The van der Waals surface area contributed by atoms with Gasteiger partial charge in [-0.05, 0) is 61.4 Å². The standard InChI is InChI=1S/C23H25N3O/c27-23(25-19-10-6-8-16-7-3-4-9-18(16)19)17-12-13-21-20(15-17)24-22-11-2-1-5-14-26(21)22/h3-4,7,9,12-13,15,19H,1-2,5-6,8,10-11,14H2,(H,25,27)/t19-/m0/s1. The molecule has 2 aliphatic rings. The molecule has 0 bridgehead atoms. The van der Waals surface area contributed by atoms with Crippen LogP contribution >= 0.6 is 0 Å². The average Bonchev–Trinajstić information content (AvgIpc) is 2.88. The van der Waals surface area contributed by atoms with Crippen LogP contribution in [0.2, 0.25) is 0 Å². The summed E-state index contributed by atoms with van der Waals surface area (Å²) in [6.45, 7) is 1.04. The van der Waals surface area contributed by atoms with Gasteiger partial charge >= 0.3 is 0 Å². The molecule has 0 saturated heterocycles. The van der Waals surface area contributed by atoms with Crippen molar-refractivity contribution in [2.45, 2.75) is 57.5 Å². The highest BCUT2D eigenvalue weighted by molar-refractivity contribution is 5.97. The summed E-state index contributed by atoms with van der Waals surface area (Å²) >= 11 is 0. The monoisotopic (exact) mass is 359 g/mol. The molecule has 0 fully saturated rings. The van der Waals surface area contributed by atoms with Gasteiger partial charge in [-0.25, -0.2) is 4.98 Å². The number of fused-ring (bicyclic) bond motifs is 4. The molecule has 2 aromatic carbocycles. The van der Waals surface area contributed by atoms with Gasteiger partial charge in [0.1, 0.15) is 5.82 Å². The molecule has 0 unspecified atom stereocenters. The maximum Gasteiger partial charge on any atom is 0.251 e. The number of nitrogens with one attached hydrogen (secondary N) is 1. The molecule has 3 aromatic rings. The number of benzene rings is 2. The Balaban J connectivity index is 1.42. The fourth-order valence-corrected chi connectivity index (χ4v) is 4.64. The zero-order valence-corrected chi connectivity index (χ0v) is 15.6. The van der Waals surface area contributed by atoms with E-state index in [2.05, 4.69) is 40.2 Å². The first-order valence-electron chi connectivity index (χ1n) is 10.2. The van der Waals surface area contributed by atoms with E-state index in [4.69, 9.17) is 4.98 Å². The average molecular weight is 359 g/mol. The number of aryl methyl sites for hydroxylation is 3. The third-order valence-corrected chi connectivity index (χ3v) is 6.05. The van der Waals surface area contributed by atoms with Crippen molar-refractivity contribution in [2.24, 2.45) is 0 Å². The summed E-state index contributed by atoms with van der Waals surface area (Å²) in [5, 5.41) is 3.25. The summed E-state index contributed by atoms with van der Waals surface area (Å²) in [4.78, 5) is 17.7. The molecule has 1 aliphatic carbocycles. The van der Waals surface area contributed by atoms with Gasteiger partial charge in [-0.3, -0.25) is 4.79 Å². The van der Waals surface area contributed by atoms with E-state index >= 15 is 0 Å². The lowest BCUT2D eigenvalue weighted by Gasteiger charge is -2.26. The van der Waals surface area contributed by atoms with Crippen LogP contribution in [0, 0.1) is 0 Å². The van der Waals surface area contributed by atoms with E-state index < -0.39 is 0 Å². The van der Waals surface area contributed by atoms with Crippen molar-refractivity contribution < 1.29 is 4.79 Å². The van der Waals surface area contributed by atoms with Gasteiger partial charge in [-0.15, -0.1) is 0 Å². The number of hydrogen-bond acceptors (Lipinski definition) is 2. The first-order chi connectivity index (χ1) is 13.3. The van der Waals surface area contributed by atoms with E-state index in [9.17, 15) is 4.79 Å². The number of carbonyl (C=O) groups excluding carboxylic acids is 1. The summed E-state index contributed by atoms with van der Waals surface area (Å²) in [7, 11) is 0. The molecule has 1 aromatic heterocycles. The zero-order valence-electron chi connectivity index (χ0n) is 15.6. The van der Waals surface area contributed by atoms with Crippen molar-refractivity contribution in [2.75, 3.05) is 0 Å². The maximum absolute atomic E-state index is 12.9. The van der Waals surface area contributed by atoms with Crippen LogP contribution in [-0.4, -0.2) is 15.5 Å². The molecule has 4 nitrogen and oxygen atoms in total. The second-order valence-electron chi connectivity index (χ2n) is 7.81.